The highest BCUT2D eigenvalue weighted by molar-refractivity contribution is 6.21. The highest BCUT2D eigenvalue weighted by Crippen LogP contribution is 2.22. The van der Waals surface area contributed by atoms with Gasteiger partial charge in [0, 0.05) is 0 Å². The number of nitrogens with zero attached hydrogens (tertiary/aromatic N) is 1. The van der Waals surface area contributed by atoms with Crippen LogP contribution in [0.3, 0.4) is 0 Å². The number of imide groups is 1. The molecule has 1 aliphatic heterocycles. The van der Waals surface area contributed by atoms with Crippen molar-refractivity contribution >= 4 is 29.4 Å². The quantitative estimate of drug-likeness (QED) is 0.542. The number of carbonyl (C=O) groups excluding carboxylic acids is 4. The van der Waals surface area contributed by atoms with Crippen molar-refractivity contribution in [2.75, 3.05) is 25.7 Å². The van der Waals surface area contributed by atoms with Crippen molar-refractivity contribution in [2.24, 2.45) is 0 Å². The fraction of sp³-hybridized carbons (Fsp3) is 0.333. The van der Waals surface area contributed by atoms with E-state index in [1.807, 2.05) is 0 Å². The van der Waals surface area contributed by atoms with Gasteiger partial charge in [0.15, 0.2) is 12.6 Å². The van der Waals surface area contributed by atoms with E-state index in [0.717, 1.165) is 4.90 Å². The van der Waals surface area contributed by atoms with E-state index < -0.39 is 23.9 Å². The zero-order valence-electron chi connectivity index (χ0n) is 12.8. The minimum atomic E-state index is -0.651. The summed E-state index contributed by atoms with van der Waals surface area (Å²) in [5.41, 5.74) is 0.700. The molecule has 1 heterocycles. The Morgan fingerprint density at radius 1 is 1.17 bits per heavy atom. The first-order valence-electron chi connectivity index (χ1n) is 6.93. The first-order valence-corrected chi connectivity index (χ1v) is 6.93. The first kappa shape index (κ1) is 16.6. The van der Waals surface area contributed by atoms with Crippen molar-refractivity contribution in [1.29, 1.82) is 0 Å². The Hall–Kier alpha value is -2.74. The molecule has 122 valence electrons. The summed E-state index contributed by atoms with van der Waals surface area (Å²) in [6.07, 6.45) is 0.00851. The molecule has 2 rings (SSSR count). The molecule has 1 aromatic rings. The second kappa shape index (κ2) is 7.01. The van der Waals surface area contributed by atoms with Crippen molar-refractivity contribution in [3.63, 3.8) is 0 Å². The Balaban J connectivity index is 2.10. The largest absolute Gasteiger partial charge is 0.465 e. The molecule has 0 radical (unpaired) electrons. The van der Waals surface area contributed by atoms with E-state index in [-0.39, 0.29) is 18.9 Å². The number of quaternary nitrogens is 1. The lowest BCUT2D eigenvalue weighted by molar-refractivity contribution is -0.665. The fourth-order valence-corrected chi connectivity index (χ4v) is 2.30. The number of esters is 2. The van der Waals surface area contributed by atoms with Gasteiger partial charge < -0.3 is 14.8 Å². The standard InChI is InChI=1S/C15H16N2O6/c1-22-13(19)8-16-11-7-12(18)17(14(11)20)10-5-3-9(4-6-10)15(21)23-2/h3-6,11,16H,7-8H2,1-2H3/p+1/t11-/m1/s1. The summed E-state index contributed by atoms with van der Waals surface area (Å²) >= 11 is 0. The van der Waals surface area contributed by atoms with Gasteiger partial charge in [0.25, 0.3) is 5.91 Å². The van der Waals surface area contributed by atoms with Gasteiger partial charge in [-0.2, -0.15) is 0 Å². The van der Waals surface area contributed by atoms with Crippen LogP contribution in [0.15, 0.2) is 24.3 Å². The smallest absolute Gasteiger partial charge is 0.361 e. The number of nitrogens with two attached hydrogens (primary N) is 1. The fourth-order valence-electron chi connectivity index (χ4n) is 2.30. The molecule has 1 aromatic carbocycles. The number of anilines is 1. The summed E-state index contributed by atoms with van der Waals surface area (Å²) < 4.78 is 9.10. The van der Waals surface area contributed by atoms with Crippen molar-refractivity contribution in [3.05, 3.63) is 29.8 Å². The van der Waals surface area contributed by atoms with Crippen LogP contribution >= 0.6 is 0 Å². The van der Waals surface area contributed by atoms with Gasteiger partial charge in [-0.3, -0.25) is 9.59 Å². The number of amides is 2. The number of rotatable bonds is 5. The summed E-state index contributed by atoms with van der Waals surface area (Å²) in [5.74, 6) is -1.72. The predicted octanol–water partition coefficient (Wildman–Crippen LogP) is -1.16. The molecule has 0 unspecified atom stereocenters. The second-order valence-corrected chi connectivity index (χ2v) is 4.93. The summed E-state index contributed by atoms with van der Waals surface area (Å²) in [6, 6.07) is 5.32. The van der Waals surface area contributed by atoms with E-state index in [4.69, 9.17) is 0 Å². The molecule has 0 saturated carbocycles. The zero-order chi connectivity index (χ0) is 17.0. The monoisotopic (exact) mass is 321 g/mol. The summed E-state index contributed by atoms with van der Waals surface area (Å²) in [6.45, 7) is -0.0324. The minimum absolute atomic E-state index is 0.00851. The number of hydrogen-bond acceptors (Lipinski definition) is 6. The Labute approximate surface area is 132 Å². The molecule has 0 spiro atoms. The molecule has 0 bridgehead atoms. The first-order chi connectivity index (χ1) is 11.0. The maximum absolute atomic E-state index is 12.3. The topological polar surface area (TPSA) is 107 Å². The van der Waals surface area contributed by atoms with E-state index in [1.165, 1.54) is 43.8 Å². The van der Waals surface area contributed by atoms with Crippen LogP contribution in [-0.2, 0) is 23.9 Å². The highest BCUT2D eigenvalue weighted by Gasteiger charge is 2.42. The van der Waals surface area contributed by atoms with Crippen molar-refractivity contribution < 1.29 is 34.0 Å². The Kier molecular flexibility index (Phi) is 5.07. The molecule has 8 heteroatoms. The van der Waals surface area contributed by atoms with Crippen molar-refractivity contribution in [1.82, 2.24) is 0 Å². The number of carbonyl (C=O) groups is 4. The average Bonchev–Trinajstić information content (AvgIpc) is 2.85. The third-order valence-corrected chi connectivity index (χ3v) is 3.52. The van der Waals surface area contributed by atoms with Gasteiger partial charge in [-0.05, 0) is 24.3 Å². The molecular formula is C15H17N2O6+. The summed E-state index contributed by atoms with van der Waals surface area (Å²) in [4.78, 5) is 48.0. The Bertz CT molecular complexity index is 640. The van der Waals surface area contributed by atoms with Gasteiger partial charge in [-0.15, -0.1) is 0 Å². The van der Waals surface area contributed by atoms with Crippen LogP contribution in [0.1, 0.15) is 16.8 Å². The van der Waals surface area contributed by atoms with Crippen molar-refractivity contribution in [2.45, 2.75) is 12.5 Å². The van der Waals surface area contributed by atoms with Crippen LogP contribution in [0, 0.1) is 0 Å². The van der Waals surface area contributed by atoms with Gasteiger partial charge >= 0.3 is 11.9 Å². The molecule has 0 aromatic heterocycles. The SMILES string of the molecule is COC(=O)C[NH2+][C@@H]1CC(=O)N(c2ccc(C(=O)OC)cc2)C1=O. The van der Waals surface area contributed by atoms with Crippen molar-refractivity contribution in [3.8, 4) is 0 Å². The molecule has 2 N–H and O–H groups in total. The van der Waals surface area contributed by atoms with E-state index in [1.54, 1.807) is 0 Å². The molecule has 8 nitrogen and oxygen atoms in total. The molecule has 1 fully saturated rings. The second-order valence-electron chi connectivity index (χ2n) is 4.93. The van der Waals surface area contributed by atoms with Crippen LogP contribution < -0.4 is 10.2 Å². The minimum Gasteiger partial charge on any atom is -0.465 e. The normalized spacial score (nSPS) is 17.3. The molecule has 1 saturated heterocycles. The van der Waals surface area contributed by atoms with Gasteiger partial charge in [0.2, 0.25) is 5.91 Å². The lowest BCUT2D eigenvalue weighted by Gasteiger charge is -2.14. The molecule has 0 aliphatic carbocycles. The maximum atomic E-state index is 12.3. The molecule has 1 aliphatic rings. The van der Waals surface area contributed by atoms with Crippen LogP contribution in [0.5, 0.6) is 0 Å². The number of hydrogen-bond donors (Lipinski definition) is 1. The van der Waals surface area contributed by atoms with E-state index in [9.17, 15) is 19.2 Å². The van der Waals surface area contributed by atoms with Crippen LogP contribution in [0.25, 0.3) is 0 Å². The lowest BCUT2D eigenvalue weighted by Crippen LogP contribution is -2.93. The third kappa shape index (κ3) is 3.54. The van der Waals surface area contributed by atoms with Gasteiger partial charge in [-0.25, -0.2) is 14.5 Å². The Morgan fingerprint density at radius 3 is 2.39 bits per heavy atom. The van der Waals surface area contributed by atoms with Gasteiger partial charge in [0.1, 0.15) is 0 Å². The summed E-state index contributed by atoms with van der Waals surface area (Å²) in [7, 11) is 2.53. The van der Waals surface area contributed by atoms with Gasteiger partial charge in [-0.1, -0.05) is 0 Å². The Morgan fingerprint density at radius 2 is 1.83 bits per heavy atom. The van der Waals surface area contributed by atoms with E-state index in [0.29, 0.717) is 11.3 Å². The number of ether oxygens (including phenoxy) is 2. The molecular weight excluding hydrogens is 304 g/mol. The van der Waals surface area contributed by atoms with Crippen LogP contribution in [0.2, 0.25) is 0 Å². The maximum Gasteiger partial charge on any atom is 0.361 e. The van der Waals surface area contributed by atoms with Crippen LogP contribution in [0.4, 0.5) is 5.69 Å². The molecule has 2 amide bonds. The zero-order valence-corrected chi connectivity index (χ0v) is 12.8. The van der Waals surface area contributed by atoms with Crippen LogP contribution in [-0.4, -0.2) is 50.6 Å². The van der Waals surface area contributed by atoms with E-state index in [2.05, 4.69) is 9.47 Å². The van der Waals surface area contributed by atoms with Gasteiger partial charge in [0.05, 0.1) is 31.9 Å². The number of methoxy groups -OCH3 is 2. The molecule has 1 atom stereocenters. The molecule has 23 heavy (non-hydrogen) atoms. The number of benzene rings is 1. The lowest BCUT2D eigenvalue weighted by atomic mass is 10.2. The third-order valence-electron chi connectivity index (χ3n) is 3.52. The van der Waals surface area contributed by atoms with E-state index >= 15 is 0 Å². The highest BCUT2D eigenvalue weighted by atomic mass is 16.5. The predicted molar refractivity (Wildman–Crippen MR) is 77.5 cm³/mol. The average molecular weight is 321 g/mol. The summed E-state index contributed by atoms with van der Waals surface area (Å²) in [5, 5.41) is 1.48.